The van der Waals surface area contributed by atoms with Gasteiger partial charge in [-0.1, -0.05) is 0 Å². The van der Waals surface area contributed by atoms with Crippen LogP contribution in [-0.2, 0) is 4.74 Å². The number of nitrogens with one attached hydrogen (secondary N) is 1. The van der Waals surface area contributed by atoms with E-state index in [-0.39, 0.29) is 6.04 Å². The van der Waals surface area contributed by atoms with Crippen molar-refractivity contribution in [3.8, 4) is 0 Å². The fraction of sp³-hybridized carbons (Fsp3) is 0.400. The summed E-state index contributed by atoms with van der Waals surface area (Å²) < 4.78 is 30.4. The Morgan fingerprint density at radius 2 is 1.86 bits per heavy atom. The molecular formula is C10H13F2NO. The first-order valence-corrected chi connectivity index (χ1v) is 4.33. The molecule has 0 saturated carbocycles. The first-order chi connectivity index (χ1) is 6.61. The van der Waals surface area contributed by atoms with Crippen LogP contribution in [0, 0.1) is 11.6 Å². The Balaban J connectivity index is 2.66. The Morgan fingerprint density at radius 3 is 2.36 bits per heavy atom. The predicted octanol–water partition coefficient (Wildman–Crippen LogP) is 2.41. The maximum absolute atomic E-state index is 12.8. The first-order valence-electron chi connectivity index (χ1n) is 4.33. The molecule has 78 valence electrons. The van der Waals surface area contributed by atoms with E-state index in [1.807, 2.05) is 6.92 Å². The monoisotopic (exact) mass is 201 g/mol. The van der Waals surface area contributed by atoms with Gasteiger partial charge in [-0.3, -0.25) is 0 Å². The number of halogens is 2. The summed E-state index contributed by atoms with van der Waals surface area (Å²) in [4.78, 5) is 0. The Kier molecular flexibility index (Phi) is 3.83. The summed E-state index contributed by atoms with van der Waals surface area (Å²) in [7, 11) is 1.57. The zero-order valence-corrected chi connectivity index (χ0v) is 8.18. The van der Waals surface area contributed by atoms with Crippen molar-refractivity contribution in [1.29, 1.82) is 0 Å². The molecule has 1 rings (SSSR count). The van der Waals surface area contributed by atoms with Gasteiger partial charge in [-0.15, -0.1) is 0 Å². The summed E-state index contributed by atoms with van der Waals surface area (Å²) in [5.74, 6) is -1.17. The summed E-state index contributed by atoms with van der Waals surface area (Å²) in [6.45, 7) is 2.35. The van der Waals surface area contributed by atoms with Crippen LogP contribution in [-0.4, -0.2) is 19.8 Å². The molecular weight excluding hydrogens is 188 g/mol. The standard InChI is InChI=1S/C10H13F2NO/c1-7(6-14-2)13-10-4-8(11)3-9(12)5-10/h3-5,7,13H,6H2,1-2H3/t7-/m1/s1. The average Bonchev–Trinajstić information content (AvgIpc) is 2.01. The van der Waals surface area contributed by atoms with E-state index in [9.17, 15) is 8.78 Å². The summed E-state index contributed by atoms with van der Waals surface area (Å²) in [6.07, 6.45) is 0. The van der Waals surface area contributed by atoms with Gasteiger partial charge in [-0.2, -0.15) is 0 Å². The predicted molar refractivity (Wildman–Crippen MR) is 51.3 cm³/mol. The lowest BCUT2D eigenvalue weighted by Gasteiger charge is -2.14. The zero-order valence-electron chi connectivity index (χ0n) is 8.18. The highest BCUT2D eigenvalue weighted by Gasteiger charge is 2.04. The van der Waals surface area contributed by atoms with Crippen molar-refractivity contribution in [2.24, 2.45) is 0 Å². The first kappa shape index (κ1) is 10.9. The molecule has 0 heterocycles. The van der Waals surface area contributed by atoms with Crippen LogP contribution in [0.1, 0.15) is 6.92 Å². The van der Waals surface area contributed by atoms with Gasteiger partial charge < -0.3 is 10.1 Å². The molecule has 0 radical (unpaired) electrons. The highest BCUT2D eigenvalue weighted by molar-refractivity contribution is 5.44. The maximum atomic E-state index is 12.8. The largest absolute Gasteiger partial charge is 0.383 e. The molecule has 14 heavy (non-hydrogen) atoms. The van der Waals surface area contributed by atoms with E-state index in [0.717, 1.165) is 6.07 Å². The Morgan fingerprint density at radius 1 is 1.29 bits per heavy atom. The molecule has 1 aromatic rings. The molecule has 0 aliphatic rings. The molecule has 0 fully saturated rings. The third-order valence-electron chi connectivity index (χ3n) is 1.69. The van der Waals surface area contributed by atoms with Crippen LogP contribution >= 0.6 is 0 Å². The Labute approximate surface area is 81.9 Å². The van der Waals surface area contributed by atoms with E-state index in [2.05, 4.69) is 5.32 Å². The molecule has 0 saturated heterocycles. The van der Waals surface area contributed by atoms with Crippen LogP contribution in [0.4, 0.5) is 14.5 Å². The van der Waals surface area contributed by atoms with E-state index in [1.165, 1.54) is 12.1 Å². The number of rotatable bonds is 4. The van der Waals surface area contributed by atoms with Gasteiger partial charge in [-0.25, -0.2) is 8.78 Å². The lowest BCUT2D eigenvalue weighted by molar-refractivity contribution is 0.190. The molecule has 0 amide bonds. The highest BCUT2D eigenvalue weighted by Crippen LogP contribution is 2.13. The molecule has 2 nitrogen and oxygen atoms in total. The lowest BCUT2D eigenvalue weighted by Crippen LogP contribution is -2.20. The number of benzene rings is 1. The molecule has 1 atom stereocenters. The van der Waals surface area contributed by atoms with Crippen molar-refractivity contribution in [3.05, 3.63) is 29.8 Å². The van der Waals surface area contributed by atoms with E-state index in [1.54, 1.807) is 7.11 Å². The van der Waals surface area contributed by atoms with Crippen molar-refractivity contribution in [2.75, 3.05) is 19.0 Å². The average molecular weight is 201 g/mol. The number of methoxy groups -OCH3 is 1. The summed E-state index contributed by atoms with van der Waals surface area (Å²) in [5.41, 5.74) is 0.423. The van der Waals surface area contributed by atoms with Gasteiger partial charge in [0.25, 0.3) is 0 Å². The second-order valence-corrected chi connectivity index (χ2v) is 3.16. The fourth-order valence-corrected chi connectivity index (χ4v) is 1.21. The van der Waals surface area contributed by atoms with Gasteiger partial charge in [0.15, 0.2) is 0 Å². The molecule has 0 spiro atoms. The van der Waals surface area contributed by atoms with Gasteiger partial charge >= 0.3 is 0 Å². The van der Waals surface area contributed by atoms with Crippen molar-refractivity contribution in [3.63, 3.8) is 0 Å². The van der Waals surface area contributed by atoms with Crippen LogP contribution < -0.4 is 5.32 Å². The molecule has 4 heteroatoms. The third-order valence-corrected chi connectivity index (χ3v) is 1.69. The Hall–Kier alpha value is -1.16. The normalized spacial score (nSPS) is 12.6. The fourth-order valence-electron chi connectivity index (χ4n) is 1.21. The summed E-state index contributed by atoms with van der Waals surface area (Å²) in [5, 5.41) is 2.92. The molecule has 0 aromatic heterocycles. The smallest absolute Gasteiger partial charge is 0.128 e. The van der Waals surface area contributed by atoms with Gasteiger partial charge in [0.05, 0.1) is 6.61 Å². The number of hydrogen-bond donors (Lipinski definition) is 1. The molecule has 0 aliphatic carbocycles. The van der Waals surface area contributed by atoms with E-state index < -0.39 is 11.6 Å². The molecule has 1 N–H and O–H groups in total. The second-order valence-electron chi connectivity index (χ2n) is 3.16. The Bertz CT molecular complexity index is 284. The van der Waals surface area contributed by atoms with Crippen LogP contribution in [0.15, 0.2) is 18.2 Å². The minimum absolute atomic E-state index is 0.0150. The summed E-state index contributed by atoms with van der Waals surface area (Å²) >= 11 is 0. The second kappa shape index (κ2) is 4.91. The molecule has 1 aromatic carbocycles. The SMILES string of the molecule is COC[C@@H](C)Nc1cc(F)cc(F)c1. The van der Waals surface area contributed by atoms with Crippen molar-refractivity contribution in [2.45, 2.75) is 13.0 Å². The quantitative estimate of drug-likeness (QED) is 0.807. The van der Waals surface area contributed by atoms with E-state index >= 15 is 0 Å². The molecule has 0 unspecified atom stereocenters. The number of hydrogen-bond acceptors (Lipinski definition) is 2. The third kappa shape index (κ3) is 3.30. The van der Waals surface area contributed by atoms with Crippen molar-refractivity contribution >= 4 is 5.69 Å². The van der Waals surface area contributed by atoms with Crippen molar-refractivity contribution in [1.82, 2.24) is 0 Å². The number of ether oxygens (including phenoxy) is 1. The van der Waals surface area contributed by atoms with E-state index in [0.29, 0.717) is 12.3 Å². The van der Waals surface area contributed by atoms with E-state index in [4.69, 9.17) is 4.74 Å². The van der Waals surface area contributed by atoms with Crippen molar-refractivity contribution < 1.29 is 13.5 Å². The van der Waals surface area contributed by atoms with Gasteiger partial charge in [0.1, 0.15) is 11.6 Å². The minimum Gasteiger partial charge on any atom is -0.383 e. The van der Waals surface area contributed by atoms with Gasteiger partial charge in [0, 0.05) is 24.9 Å². The van der Waals surface area contributed by atoms with Crippen LogP contribution in [0.3, 0.4) is 0 Å². The lowest BCUT2D eigenvalue weighted by atomic mass is 10.2. The molecule has 0 aliphatic heterocycles. The minimum atomic E-state index is -0.586. The van der Waals surface area contributed by atoms with Gasteiger partial charge in [0.2, 0.25) is 0 Å². The highest BCUT2D eigenvalue weighted by atomic mass is 19.1. The van der Waals surface area contributed by atoms with Gasteiger partial charge in [-0.05, 0) is 19.1 Å². The van der Waals surface area contributed by atoms with Crippen LogP contribution in [0.5, 0.6) is 0 Å². The zero-order chi connectivity index (χ0) is 10.6. The van der Waals surface area contributed by atoms with Crippen LogP contribution in [0.2, 0.25) is 0 Å². The molecule has 0 bridgehead atoms. The number of anilines is 1. The topological polar surface area (TPSA) is 21.3 Å². The maximum Gasteiger partial charge on any atom is 0.128 e. The van der Waals surface area contributed by atoms with Crippen LogP contribution in [0.25, 0.3) is 0 Å². The summed E-state index contributed by atoms with van der Waals surface area (Å²) in [6, 6.07) is 3.35.